The van der Waals surface area contributed by atoms with Crippen LogP contribution in [0.1, 0.15) is 5.56 Å². The second kappa shape index (κ2) is 6.27. The molecule has 1 heterocycles. The highest BCUT2D eigenvalue weighted by Gasteiger charge is 2.14. The maximum Gasteiger partial charge on any atom is 0.276 e. The van der Waals surface area contributed by atoms with Gasteiger partial charge in [0.05, 0.1) is 11.0 Å². The minimum Gasteiger partial charge on any atom is -0.438 e. The first-order valence-corrected chi connectivity index (χ1v) is 7.08. The van der Waals surface area contributed by atoms with Crippen LogP contribution < -0.4 is 4.74 Å². The molecule has 0 aliphatic rings. The molecule has 23 heavy (non-hydrogen) atoms. The lowest BCUT2D eigenvalue weighted by molar-refractivity contribution is -0.385. The van der Waals surface area contributed by atoms with Gasteiger partial charge in [-0.3, -0.25) is 10.1 Å². The summed E-state index contributed by atoms with van der Waals surface area (Å²) in [6.07, 6.45) is 1.63. The van der Waals surface area contributed by atoms with Crippen molar-refractivity contribution in [3.05, 3.63) is 82.5 Å². The molecule has 5 heteroatoms. The van der Waals surface area contributed by atoms with Gasteiger partial charge in [0.15, 0.2) is 0 Å². The molecule has 0 fully saturated rings. The molecule has 0 saturated carbocycles. The van der Waals surface area contributed by atoms with Crippen LogP contribution in [0.3, 0.4) is 0 Å². The van der Waals surface area contributed by atoms with E-state index in [0.29, 0.717) is 17.2 Å². The Bertz CT molecular complexity index is 848. The summed E-state index contributed by atoms with van der Waals surface area (Å²) in [7, 11) is 0. The summed E-state index contributed by atoms with van der Waals surface area (Å²) in [5.74, 6) is 0.801. The lowest BCUT2D eigenvalue weighted by Crippen LogP contribution is -1.95. The zero-order chi connectivity index (χ0) is 16.2. The first kappa shape index (κ1) is 14.7. The molecule has 1 aromatic heterocycles. The average Bonchev–Trinajstić information content (AvgIpc) is 2.57. The van der Waals surface area contributed by atoms with Crippen molar-refractivity contribution in [2.45, 2.75) is 6.92 Å². The van der Waals surface area contributed by atoms with Gasteiger partial charge in [0.1, 0.15) is 5.75 Å². The highest BCUT2D eigenvalue weighted by atomic mass is 16.6. The number of aromatic nitrogens is 1. The van der Waals surface area contributed by atoms with E-state index in [-0.39, 0.29) is 5.69 Å². The van der Waals surface area contributed by atoms with Crippen molar-refractivity contribution in [3.63, 3.8) is 0 Å². The first-order valence-electron chi connectivity index (χ1n) is 7.08. The molecule has 0 unspecified atom stereocenters. The Labute approximate surface area is 133 Å². The standard InChI is InChI=1S/C18H14N2O3/c1-13-9-10-15(12-17(13)20(21)22)23-18-16(8-5-11-19-18)14-6-3-2-4-7-14/h2-12H,1H3. The van der Waals surface area contributed by atoms with E-state index in [0.717, 1.165) is 11.1 Å². The molecule has 3 aromatic rings. The number of ether oxygens (including phenoxy) is 1. The summed E-state index contributed by atoms with van der Waals surface area (Å²) in [6.45, 7) is 1.69. The minimum absolute atomic E-state index is 0.0275. The average molecular weight is 306 g/mol. The Hall–Kier alpha value is -3.21. The highest BCUT2D eigenvalue weighted by Crippen LogP contribution is 2.33. The Morgan fingerprint density at radius 3 is 2.57 bits per heavy atom. The fourth-order valence-electron chi connectivity index (χ4n) is 2.27. The molecular formula is C18H14N2O3. The quantitative estimate of drug-likeness (QED) is 0.515. The van der Waals surface area contributed by atoms with Crippen LogP contribution in [0.5, 0.6) is 11.6 Å². The molecule has 5 nitrogen and oxygen atoms in total. The van der Waals surface area contributed by atoms with Gasteiger partial charge in [-0.05, 0) is 36.8 Å². The largest absolute Gasteiger partial charge is 0.438 e. The Balaban J connectivity index is 1.99. The number of nitro groups is 1. The van der Waals surface area contributed by atoms with Crippen molar-refractivity contribution in [1.82, 2.24) is 4.98 Å². The maximum atomic E-state index is 11.0. The highest BCUT2D eigenvalue weighted by molar-refractivity contribution is 5.68. The molecule has 0 atom stereocenters. The van der Waals surface area contributed by atoms with Crippen LogP contribution in [0.4, 0.5) is 5.69 Å². The second-order valence-corrected chi connectivity index (χ2v) is 5.03. The summed E-state index contributed by atoms with van der Waals surface area (Å²) in [4.78, 5) is 14.9. The van der Waals surface area contributed by atoms with Crippen LogP contribution >= 0.6 is 0 Å². The van der Waals surface area contributed by atoms with E-state index in [1.807, 2.05) is 42.5 Å². The fraction of sp³-hybridized carbons (Fsp3) is 0.0556. The molecule has 3 rings (SSSR count). The molecule has 0 spiro atoms. The van der Waals surface area contributed by atoms with Crippen LogP contribution in [0, 0.1) is 17.0 Å². The second-order valence-electron chi connectivity index (χ2n) is 5.03. The zero-order valence-corrected chi connectivity index (χ0v) is 12.5. The van der Waals surface area contributed by atoms with Gasteiger partial charge in [-0.25, -0.2) is 4.98 Å². The van der Waals surface area contributed by atoms with Gasteiger partial charge in [-0.2, -0.15) is 0 Å². The number of aryl methyl sites for hydroxylation is 1. The molecule has 0 amide bonds. The van der Waals surface area contributed by atoms with E-state index in [1.54, 1.807) is 25.3 Å². The Morgan fingerprint density at radius 2 is 1.83 bits per heavy atom. The lowest BCUT2D eigenvalue weighted by Gasteiger charge is -2.10. The van der Waals surface area contributed by atoms with E-state index >= 15 is 0 Å². The first-order chi connectivity index (χ1) is 11.1. The zero-order valence-electron chi connectivity index (χ0n) is 12.5. The summed E-state index contributed by atoms with van der Waals surface area (Å²) in [5.41, 5.74) is 2.42. The van der Waals surface area contributed by atoms with Crippen molar-refractivity contribution >= 4 is 5.69 Å². The van der Waals surface area contributed by atoms with Crippen molar-refractivity contribution in [1.29, 1.82) is 0 Å². The number of benzene rings is 2. The van der Waals surface area contributed by atoms with Gasteiger partial charge < -0.3 is 4.74 Å². The third-order valence-electron chi connectivity index (χ3n) is 3.45. The van der Waals surface area contributed by atoms with Crippen LogP contribution in [-0.4, -0.2) is 9.91 Å². The molecule has 2 aromatic carbocycles. The van der Waals surface area contributed by atoms with Crippen LogP contribution in [0.2, 0.25) is 0 Å². The molecule has 0 aliphatic carbocycles. The number of hydrogen-bond acceptors (Lipinski definition) is 4. The van der Waals surface area contributed by atoms with Gasteiger partial charge in [-0.15, -0.1) is 0 Å². The van der Waals surface area contributed by atoms with Gasteiger partial charge in [0, 0.05) is 17.3 Å². The Morgan fingerprint density at radius 1 is 1.04 bits per heavy atom. The molecule has 0 saturated heterocycles. The monoisotopic (exact) mass is 306 g/mol. The number of hydrogen-bond donors (Lipinski definition) is 0. The van der Waals surface area contributed by atoms with E-state index in [1.165, 1.54) is 6.07 Å². The predicted octanol–water partition coefficient (Wildman–Crippen LogP) is 4.76. The van der Waals surface area contributed by atoms with Gasteiger partial charge >= 0.3 is 0 Å². The van der Waals surface area contributed by atoms with Crippen molar-refractivity contribution in [2.24, 2.45) is 0 Å². The molecular weight excluding hydrogens is 292 g/mol. The van der Waals surface area contributed by atoms with Gasteiger partial charge in [0.25, 0.3) is 5.69 Å². The summed E-state index contributed by atoms with van der Waals surface area (Å²) in [5, 5.41) is 11.0. The fourth-order valence-corrected chi connectivity index (χ4v) is 2.27. The van der Waals surface area contributed by atoms with Crippen molar-refractivity contribution in [2.75, 3.05) is 0 Å². The van der Waals surface area contributed by atoms with Crippen LogP contribution in [0.25, 0.3) is 11.1 Å². The number of pyridine rings is 1. The number of rotatable bonds is 4. The molecule has 0 aliphatic heterocycles. The summed E-state index contributed by atoms with van der Waals surface area (Å²) in [6, 6.07) is 18.2. The minimum atomic E-state index is -0.418. The molecule has 114 valence electrons. The van der Waals surface area contributed by atoms with Crippen LogP contribution in [0.15, 0.2) is 66.9 Å². The van der Waals surface area contributed by atoms with E-state index < -0.39 is 4.92 Å². The SMILES string of the molecule is Cc1ccc(Oc2ncccc2-c2ccccc2)cc1[N+](=O)[O-]. The third-order valence-corrected chi connectivity index (χ3v) is 3.45. The maximum absolute atomic E-state index is 11.0. The topological polar surface area (TPSA) is 65.3 Å². The Kier molecular flexibility index (Phi) is 4.01. The van der Waals surface area contributed by atoms with Crippen molar-refractivity contribution < 1.29 is 9.66 Å². The van der Waals surface area contributed by atoms with E-state index in [9.17, 15) is 10.1 Å². The van der Waals surface area contributed by atoms with E-state index in [4.69, 9.17) is 4.74 Å². The lowest BCUT2D eigenvalue weighted by atomic mass is 10.1. The molecule has 0 bridgehead atoms. The molecule has 0 N–H and O–H groups in total. The number of nitrogens with zero attached hydrogens (tertiary/aromatic N) is 2. The number of nitro benzene ring substituents is 1. The third kappa shape index (κ3) is 3.18. The normalized spacial score (nSPS) is 10.3. The summed E-state index contributed by atoms with van der Waals surface area (Å²) < 4.78 is 5.79. The van der Waals surface area contributed by atoms with Crippen molar-refractivity contribution in [3.8, 4) is 22.8 Å². The van der Waals surface area contributed by atoms with Gasteiger partial charge in [0.2, 0.25) is 5.88 Å². The summed E-state index contributed by atoms with van der Waals surface area (Å²) >= 11 is 0. The predicted molar refractivity (Wildman–Crippen MR) is 87.6 cm³/mol. The van der Waals surface area contributed by atoms with Gasteiger partial charge in [-0.1, -0.05) is 30.3 Å². The smallest absolute Gasteiger partial charge is 0.276 e. The van der Waals surface area contributed by atoms with Crippen LogP contribution in [-0.2, 0) is 0 Å². The van der Waals surface area contributed by atoms with E-state index in [2.05, 4.69) is 4.98 Å². The molecule has 0 radical (unpaired) electrons.